The fourth-order valence-electron chi connectivity index (χ4n) is 3.77. The van der Waals surface area contributed by atoms with E-state index in [1.54, 1.807) is 0 Å². The number of guanidine groups is 1. The van der Waals surface area contributed by atoms with Crippen molar-refractivity contribution in [3.05, 3.63) is 35.4 Å². The highest BCUT2D eigenvalue weighted by Gasteiger charge is 2.19. The lowest BCUT2D eigenvalue weighted by atomic mass is 10.0. The number of hydrogen-bond donors (Lipinski definition) is 1. The number of piperidine rings is 1. The summed E-state index contributed by atoms with van der Waals surface area (Å²) in [6, 6.07) is 8.75. The van der Waals surface area contributed by atoms with Crippen molar-refractivity contribution in [3.63, 3.8) is 0 Å². The third kappa shape index (κ3) is 5.19. The lowest BCUT2D eigenvalue weighted by molar-refractivity contribution is 0.0341. The summed E-state index contributed by atoms with van der Waals surface area (Å²) >= 11 is 0. The number of hydrogen-bond acceptors (Lipinski definition) is 3. The molecule has 0 amide bonds. The minimum Gasteiger partial charge on any atom is -0.379 e. The van der Waals surface area contributed by atoms with Gasteiger partial charge in [-0.25, -0.2) is 0 Å². The van der Waals surface area contributed by atoms with Gasteiger partial charge >= 0.3 is 0 Å². The number of nitrogens with one attached hydrogen (secondary N) is 1. The van der Waals surface area contributed by atoms with E-state index < -0.39 is 0 Å². The highest BCUT2D eigenvalue weighted by molar-refractivity contribution is 5.80. The van der Waals surface area contributed by atoms with Crippen LogP contribution in [0.5, 0.6) is 0 Å². The first-order valence-corrected chi connectivity index (χ1v) is 9.58. The minimum absolute atomic E-state index is 0.751. The van der Waals surface area contributed by atoms with Crippen LogP contribution >= 0.6 is 0 Å². The number of likely N-dealkylation sites (tertiary alicyclic amines) is 1. The molecule has 0 saturated carbocycles. The van der Waals surface area contributed by atoms with Crippen LogP contribution in [-0.2, 0) is 17.8 Å². The molecule has 0 aliphatic carbocycles. The van der Waals surface area contributed by atoms with Crippen molar-refractivity contribution in [2.24, 2.45) is 10.9 Å². The van der Waals surface area contributed by atoms with Gasteiger partial charge in [-0.05, 0) is 29.9 Å². The molecule has 2 heterocycles. The molecule has 2 fully saturated rings. The maximum atomic E-state index is 5.46. The molecule has 0 spiro atoms. The van der Waals surface area contributed by atoms with Crippen LogP contribution in [0.3, 0.4) is 0 Å². The minimum atomic E-state index is 0.751. The Morgan fingerprint density at radius 3 is 2.68 bits per heavy atom. The van der Waals surface area contributed by atoms with Crippen LogP contribution in [-0.4, -0.2) is 62.2 Å². The van der Waals surface area contributed by atoms with Gasteiger partial charge in [0.2, 0.25) is 0 Å². The van der Waals surface area contributed by atoms with Crippen LogP contribution in [0, 0.1) is 5.92 Å². The normalized spacial score (nSPS) is 22.9. The second-order valence-corrected chi connectivity index (χ2v) is 7.25. The molecule has 0 bridgehead atoms. The highest BCUT2D eigenvalue weighted by Crippen LogP contribution is 2.16. The Hall–Kier alpha value is -1.59. The summed E-state index contributed by atoms with van der Waals surface area (Å²) in [5, 5.41) is 3.59. The molecule has 5 nitrogen and oxygen atoms in total. The van der Waals surface area contributed by atoms with Crippen LogP contribution in [0.2, 0.25) is 0 Å². The Morgan fingerprint density at radius 2 is 1.96 bits per heavy atom. The molecule has 2 aliphatic heterocycles. The Morgan fingerprint density at radius 1 is 1.20 bits per heavy atom. The summed E-state index contributed by atoms with van der Waals surface area (Å²) in [7, 11) is 1.89. The van der Waals surface area contributed by atoms with Crippen LogP contribution in [0.4, 0.5) is 0 Å². The maximum Gasteiger partial charge on any atom is 0.193 e. The maximum absolute atomic E-state index is 5.46. The van der Waals surface area contributed by atoms with E-state index in [0.717, 1.165) is 64.4 Å². The predicted molar refractivity (Wildman–Crippen MR) is 103 cm³/mol. The number of nitrogens with zero attached hydrogens (tertiary/aromatic N) is 3. The van der Waals surface area contributed by atoms with Crippen molar-refractivity contribution in [1.29, 1.82) is 0 Å². The van der Waals surface area contributed by atoms with E-state index in [4.69, 9.17) is 4.74 Å². The number of ether oxygens (including phenoxy) is 1. The number of morpholine rings is 1. The van der Waals surface area contributed by atoms with E-state index in [9.17, 15) is 0 Å². The Kier molecular flexibility index (Phi) is 6.70. The first kappa shape index (κ1) is 18.2. The summed E-state index contributed by atoms with van der Waals surface area (Å²) in [6.07, 6.45) is 2.59. The molecule has 2 saturated heterocycles. The molecule has 5 heteroatoms. The van der Waals surface area contributed by atoms with Crippen molar-refractivity contribution < 1.29 is 4.74 Å². The largest absolute Gasteiger partial charge is 0.379 e. The van der Waals surface area contributed by atoms with Gasteiger partial charge in [0.25, 0.3) is 0 Å². The second-order valence-electron chi connectivity index (χ2n) is 7.25. The Balaban J connectivity index is 1.60. The van der Waals surface area contributed by atoms with E-state index in [1.807, 2.05) is 7.05 Å². The summed E-state index contributed by atoms with van der Waals surface area (Å²) in [5.41, 5.74) is 2.76. The second kappa shape index (κ2) is 9.20. The van der Waals surface area contributed by atoms with Crippen molar-refractivity contribution in [2.75, 3.05) is 46.4 Å². The fourth-order valence-corrected chi connectivity index (χ4v) is 3.77. The number of rotatable bonds is 4. The van der Waals surface area contributed by atoms with Gasteiger partial charge in [-0.15, -0.1) is 0 Å². The lowest BCUT2D eigenvalue weighted by Gasteiger charge is -2.33. The Labute approximate surface area is 152 Å². The molecule has 3 rings (SSSR count). The van der Waals surface area contributed by atoms with Gasteiger partial charge in [0.05, 0.1) is 13.2 Å². The van der Waals surface area contributed by atoms with Crippen LogP contribution in [0.15, 0.2) is 29.3 Å². The zero-order valence-corrected chi connectivity index (χ0v) is 15.7. The third-order valence-electron chi connectivity index (χ3n) is 5.22. The first-order chi connectivity index (χ1) is 12.3. The topological polar surface area (TPSA) is 40.1 Å². The summed E-state index contributed by atoms with van der Waals surface area (Å²) in [4.78, 5) is 9.39. The zero-order chi connectivity index (χ0) is 17.5. The molecule has 0 aromatic heterocycles. The molecule has 1 atom stereocenters. The van der Waals surface area contributed by atoms with Gasteiger partial charge in [0, 0.05) is 46.3 Å². The molecule has 25 heavy (non-hydrogen) atoms. The lowest BCUT2D eigenvalue weighted by Crippen LogP contribution is -2.46. The van der Waals surface area contributed by atoms with E-state index in [1.165, 1.54) is 24.0 Å². The summed E-state index contributed by atoms with van der Waals surface area (Å²) in [5.74, 6) is 1.79. The van der Waals surface area contributed by atoms with Crippen molar-refractivity contribution in [1.82, 2.24) is 15.1 Å². The molecule has 1 aromatic rings. The molecule has 1 N–H and O–H groups in total. The SMILES string of the molecule is CN=C(NCc1ccccc1CN1CCOCC1)N1CCCC(C)C1. The number of benzene rings is 1. The average Bonchev–Trinajstić information content (AvgIpc) is 2.64. The van der Waals surface area contributed by atoms with E-state index in [0.29, 0.717) is 0 Å². The predicted octanol–water partition coefficient (Wildman–Crippen LogP) is 2.33. The molecule has 1 aromatic carbocycles. The van der Waals surface area contributed by atoms with Crippen LogP contribution < -0.4 is 5.32 Å². The smallest absolute Gasteiger partial charge is 0.193 e. The van der Waals surface area contributed by atoms with Gasteiger partial charge in [0.1, 0.15) is 0 Å². The molecule has 138 valence electrons. The highest BCUT2D eigenvalue weighted by atomic mass is 16.5. The Bertz CT molecular complexity index is 569. The van der Waals surface area contributed by atoms with E-state index >= 15 is 0 Å². The quantitative estimate of drug-likeness (QED) is 0.672. The van der Waals surface area contributed by atoms with Gasteiger partial charge in [0.15, 0.2) is 5.96 Å². The molecule has 1 unspecified atom stereocenters. The molecular weight excluding hydrogens is 312 g/mol. The first-order valence-electron chi connectivity index (χ1n) is 9.58. The van der Waals surface area contributed by atoms with E-state index in [2.05, 4.69) is 51.3 Å². The average molecular weight is 345 g/mol. The monoisotopic (exact) mass is 344 g/mol. The van der Waals surface area contributed by atoms with Crippen LogP contribution in [0.25, 0.3) is 0 Å². The third-order valence-corrected chi connectivity index (χ3v) is 5.22. The van der Waals surface area contributed by atoms with Crippen molar-refractivity contribution >= 4 is 5.96 Å². The van der Waals surface area contributed by atoms with Gasteiger partial charge < -0.3 is 15.0 Å². The van der Waals surface area contributed by atoms with Crippen molar-refractivity contribution in [3.8, 4) is 0 Å². The fraction of sp³-hybridized carbons (Fsp3) is 0.650. The van der Waals surface area contributed by atoms with Crippen molar-refractivity contribution in [2.45, 2.75) is 32.9 Å². The standard InChI is InChI=1S/C20H32N4O/c1-17-6-5-9-24(15-17)20(21-2)22-14-18-7-3-4-8-19(18)16-23-10-12-25-13-11-23/h3-4,7-8,17H,5-6,9-16H2,1-2H3,(H,21,22). The molecular formula is C20H32N4O. The molecule has 2 aliphatic rings. The van der Waals surface area contributed by atoms with Gasteiger partial charge in [-0.3, -0.25) is 9.89 Å². The summed E-state index contributed by atoms with van der Waals surface area (Å²) in [6.45, 7) is 10.1. The van der Waals surface area contributed by atoms with Gasteiger partial charge in [-0.1, -0.05) is 31.2 Å². The molecule has 0 radical (unpaired) electrons. The van der Waals surface area contributed by atoms with Gasteiger partial charge in [-0.2, -0.15) is 0 Å². The summed E-state index contributed by atoms with van der Waals surface area (Å²) < 4.78 is 5.46. The van der Waals surface area contributed by atoms with E-state index in [-0.39, 0.29) is 0 Å². The van der Waals surface area contributed by atoms with Crippen LogP contribution in [0.1, 0.15) is 30.9 Å². The number of aliphatic imine (C=N–C) groups is 1. The zero-order valence-electron chi connectivity index (χ0n) is 15.7.